The highest BCUT2D eigenvalue weighted by molar-refractivity contribution is 5.69. The van der Waals surface area contributed by atoms with Gasteiger partial charge in [0.15, 0.2) is 0 Å². The summed E-state index contributed by atoms with van der Waals surface area (Å²) < 4.78 is 10.9. The maximum absolute atomic E-state index is 11.8. The minimum absolute atomic E-state index is 0.177. The van der Waals surface area contributed by atoms with Gasteiger partial charge in [-0.05, 0) is 51.4 Å². The zero-order valence-corrected chi connectivity index (χ0v) is 23.8. The van der Waals surface area contributed by atoms with Crippen LogP contribution in [-0.2, 0) is 14.3 Å². The Morgan fingerprint density at radius 2 is 1.17 bits per heavy atom. The number of aliphatic hydroxyl groups is 1. The van der Waals surface area contributed by atoms with Gasteiger partial charge in [-0.15, -0.1) is 0 Å². The molecule has 0 radical (unpaired) electrons. The van der Waals surface area contributed by atoms with Gasteiger partial charge in [0.05, 0.1) is 13.2 Å². The number of hydrogen-bond donors (Lipinski definition) is 1. The van der Waals surface area contributed by atoms with Crippen LogP contribution in [0.25, 0.3) is 0 Å². The van der Waals surface area contributed by atoms with E-state index in [1.807, 2.05) is 0 Å². The zero-order chi connectivity index (χ0) is 26.4. The molecule has 0 aliphatic carbocycles. The molecule has 0 aromatic rings. The first-order valence-electron chi connectivity index (χ1n) is 15.1. The Kier molecular flexibility index (Phi) is 28.7. The van der Waals surface area contributed by atoms with E-state index in [0.717, 1.165) is 44.9 Å². The van der Waals surface area contributed by atoms with Gasteiger partial charge in [0, 0.05) is 13.0 Å². The van der Waals surface area contributed by atoms with E-state index in [1.165, 1.54) is 70.6 Å². The molecule has 0 bridgehead atoms. The third-order valence-electron chi connectivity index (χ3n) is 6.22. The van der Waals surface area contributed by atoms with E-state index >= 15 is 0 Å². The van der Waals surface area contributed by atoms with Crippen molar-refractivity contribution < 1.29 is 19.4 Å². The van der Waals surface area contributed by atoms with Crippen LogP contribution >= 0.6 is 0 Å². The summed E-state index contributed by atoms with van der Waals surface area (Å²) in [5.74, 6) is -0.224. The molecule has 0 aliphatic heterocycles. The lowest BCUT2D eigenvalue weighted by molar-refractivity contribution is -0.154. The van der Waals surface area contributed by atoms with Crippen molar-refractivity contribution in [3.63, 3.8) is 0 Å². The van der Waals surface area contributed by atoms with E-state index in [0.29, 0.717) is 13.0 Å². The Bertz CT molecular complexity index is 538. The first-order valence-corrected chi connectivity index (χ1v) is 15.1. The monoisotopic (exact) mass is 506 g/mol. The molecule has 4 nitrogen and oxygen atoms in total. The minimum Gasteiger partial charge on any atom is -0.457 e. The topological polar surface area (TPSA) is 55.8 Å². The summed E-state index contributed by atoms with van der Waals surface area (Å²) >= 11 is 0. The van der Waals surface area contributed by atoms with Crippen LogP contribution in [0.4, 0.5) is 0 Å². The second-order valence-electron chi connectivity index (χ2n) is 9.82. The number of allylic oxidation sites excluding steroid dienone is 6. The summed E-state index contributed by atoms with van der Waals surface area (Å²) in [5.41, 5.74) is 0. The molecule has 0 aromatic heterocycles. The number of unbranched alkanes of at least 4 members (excludes halogenated alkanes) is 13. The van der Waals surface area contributed by atoms with Gasteiger partial charge in [-0.2, -0.15) is 0 Å². The number of ether oxygens (including phenoxy) is 2. The fraction of sp³-hybridized carbons (Fsp3) is 0.781. The molecular formula is C32H58O4. The molecule has 1 N–H and O–H groups in total. The lowest BCUT2D eigenvalue weighted by Gasteiger charge is -2.15. The van der Waals surface area contributed by atoms with Gasteiger partial charge in [-0.25, -0.2) is 0 Å². The normalized spacial score (nSPS) is 12.9. The van der Waals surface area contributed by atoms with E-state index in [-0.39, 0.29) is 19.2 Å². The van der Waals surface area contributed by atoms with Crippen LogP contribution in [0.1, 0.15) is 136 Å². The van der Waals surface area contributed by atoms with Gasteiger partial charge < -0.3 is 14.6 Å². The Hall–Kier alpha value is -1.39. The van der Waals surface area contributed by atoms with Crippen molar-refractivity contribution >= 4 is 5.97 Å². The van der Waals surface area contributed by atoms with E-state index < -0.39 is 6.10 Å². The summed E-state index contributed by atoms with van der Waals surface area (Å²) in [6.07, 6.45) is 34.9. The molecule has 1 atom stereocenters. The van der Waals surface area contributed by atoms with Crippen LogP contribution in [-0.4, -0.2) is 37.0 Å². The molecule has 1 unspecified atom stereocenters. The lowest BCUT2D eigenvalue weighted by Crippen LogP contribution is -2.27. The van der Waals surface area contributed by atoms with E-state index in [1.54, 1.807) is 0 Å². The third kappa shape index (κ3) is 27.2. The van der Waals surface area contributed by atoms with Crippen molar-refractivity contribution in [2.24, 2.45) is 0 Å². The average molecular weight is 507 g/mol. The minimum atomic E-state index is -0.531. The van der Waals surface area contributed by atoms with E-state index in [2.05, 4.69) is 50.3 Å². The number of aliphatic hydroxyl groups excluding tert-OH is 1. The Morgan fingerprint density at radius 1 is 0.667 bits per heavy atom. The number of carbonyl (C=O) groups is 1. The quantitative estimate of drug-likeness (QED) is 0.0686. The van der Waals surface area contributed by atoms with Crippen LogP contribution in [0.3, 0.4) is 0 Å². The van der Waals surface area contributed by atoms with Gasteiger partial charge in [0.1, 0.15) is 6.10 Å². The van der Waals surface area contributed by atoms with Gasteiger partial charge in [0.25, 0.3) is 0 Å². The molecule has 4 heteroatoms. The fourth-order valence-electron chi connectivity index (χ4n) is 3.92. The van der Waals surface area contributed by atoms with Gasteiger partial charge >= 0.3 is 5.97 Å². The molecule has 36 heavy (non-hydrogen) atoms. The predicted molar refractivity (Wildman–Crippen MR) is 154 cm³/mol. The highest BCUT2D eigenvalue weighted by atomic mass is 16.6. The Balaban J connectivity index is 3.43. The zero-order valence-electron chi connectivity index (χ0n) is 23.8. The molecule has 0 fully saturated rings. The van der Waals surface area contributed by atoms with Crippen molar-refractivity contribution in [3.05, 3.63) is 36.5 Å². The van der Waals surface area contributed by atoms with Crippen LogP contribution in [0.2, 0.25) is 0 Å². The summed E-state index contributed by atoms with van der Waals surface area (Å²) in [6.45, 7) is 5.17. The van der Waals surface area contributed by atoms with Crippen molar-refractivity contribution in [1.82, 2.24) is 0 Å². The SMILES string of the molecule is CCCCC/C=C\C/C=C\C/C=C\CCCCCCCCCOCC(CO)OC(=O)CCCCCC. The summed E-state index contributed by atoms with van der Waals surface area (Å²) in [4.78, 5) is 11.8. The Labute approximate surface area is 223 Å². The largest absolute Gasteiger partial charge is 0.457 e. The summed E-state index contributed by atoms with van der Waals surface area (Å²) in [6, 6.07) is 0. The maximum Gasteiger partial charge on any atom is 0.306 e. The van der Waals surface area contributed by atoms with Gasteiger partial charge in [-0.1, -0.05) is 115 Å². The maximum atomic E-state index is 11.8. The number of carbonyl (C=O) groups excluding carboxylic acids is 1. The molecular weight excluding hydrogens is 448 g/mol. The molecule has 0 rings (SSSR count). The molecule has 0 aromatic carbocycles. The van der Waals surface area contributed by atoms with Crippen molar-refractivity contribution in [3.8, 4) is 0 Å². The van der Waals surface area contributed by atoms with Crippen molar-refractivity contribution in [1.29, 1.82) is 0 Å². The highest BCUT2D eigenvalue weighted by Crippen LogP contribution is 2.10. The lowest BCUT2D eigenvalue weighted by atomic mass is 10.1. The van der Waals surface area contributed by atoms with Crippen LogP contribution in [0, 0.1) is 0 Å². The second kappa shape index (κ2) is 29.8. The average Bonchev–Trinajstić information content (AvgIpc) is 2.88. The van der Waals surface area contributed by atoms with Crippen molar-refractivity contribution in [2.45, 2.75) is 142 Å². The number of esters is 1. The van der Waals surface area contributed by atoms with Crippen LogP contribution < -0.4 is 0 Å². The molecule has 210 valence electrons. The van der Waals surface area contributed by atoms with Crippen LogP contribution in [0.5, 0.6) is 0 Å². The standard InChI is InChI=1S/C32H58O4/c1-3-5-7-9-10-11-12-13-14-15-16-17-18-19-20-21-22-23-24-26-28-35-30-31(29-33)36-32(34)27-25-8-6-4-2/h10-11,13-14,16-17,31,33H,3-9,12,15,18-30H2,1-2H3/b11-10-,14-13-,17-16-. The van der Waals surface area contributed by atoms with E-state index in [4.69, 9.17) is 9.47 Å². The number of rotatable bonds is 27. The predicted octanol–water partition coefficient (Wildman–Crippen LogP) is 9.03. The molecule has 0 amide bonds. The molecule has 0 spiro atoms. The molecule has 0 saturated heterocycles. The summed E-state index contributed by atoms with van der Waals surface area (Å²) in [5, 5.41) is 9.39. The fourth-order valence-corrected chi connectivity index (χ4v) is 3.92. The van der Waals surface area contributed by atoms with Crippen LogP contribution in [0.15, 0.2) is 36.5 Å². The molecule has 0 saturated carbocycles. The van der Waals surface area contributed by atoms with Gasteiger partial charge in [0.2, 0.25) is 0 Å². The second-order valence-corrected chi connectivity index (χ2v) is 9.82. The highest BCUT2D eigenvalue weighted by Gasteiger charge is 2.13. The first-order chi connectivity index (χ1) is 17.7. The molecule has 0 heterocycles. The third-order valence-corrected chi connectivity index (χ3v) is 6.22. The number of hydrogen-bond acceptors (Lipinski definition) is 4. The van der Waals surface area contributed by atoms with Crippen molar-refractivity contribution in [2.75, 3.05) is 19.8 Å². The smallest absolute Gasteiger partial charge is 0.306 e. The van der Waals surface area contributed by atoms with E-state index in [9.17, 15) is 9.90 Å². The first kappa shape index (κ1) is 34.6. The van der Waals surface area contributed by atoms with Gasteiger partial charge in [-0.3, -0.25) is 4.79 Å². The summed E-state index contributed by atoms with van der Waals surface area (Å²) in [7, 11) is 0. The molecule has 0 aliphatic rings. The Morgan fingerprint density at radius 3 is 1.78 bits per heavy atom.